The minimum Gasteiger partial charge on any atom is -0.303 e. The summed E-state index contributed by atoms with van der Waals surface area (Å²) in [6.45, 7) is 0. The fourth-order valence-electron chi connectivity index (χ4n) is 2.94. The minimum absolute atomic E-state index is 0.0948. The van der Waals surface area contributed by atoms with Crippen LogP contribution in [0.1, 0.15) is 21.5 Å². The van der Waals surface area contributed by atoms with Gasteiger partial charge in [0.2, 0.25) is 0 Å². The number of hydrogen-bond donors (Lipinski definition) is 0. The van der Waals surface area contributed by atoms with Gasteiger partial charge in [0.15, 0.2) is 5.78 Å². The lowest BCUT2D eigenvalue weighted by molar-refractivity contribution is 0.0921. The van der Waals surface area contributed by atoms with E-state index in [0.29, 0.717) is 12.8 Å². The third kappa shape index (κ3) is 2.14. The highest BCUT2D eigenvalue weighted by Crippen LogP contribution is 2.28. The number of fused-ring (bicyclic) bond motifs is 1. The normalized spacial score (nSPS) is 14.2. The second-order valence-electron chi connectivity index (χ2n) is 5.54. The predicted molar refractivity (Wildman–Crippen MR) is 78.6 cm³/mol. The number of ketones is 1. The number of carbonyl (C=O) groups excluding carboxylic acids is 1. The van der Waals surface area contributed by atoms with Gasteiger partial charge in [0, 0.05) is 26.2 Å². The van der Waals surface area contributed by atoms with Gasteiger partial charge in [-0.3, -0.25) is 14.2 Å². The highest BCUT2D eigenvalue weighted by molar-refractivity contribution is 5.98. The zero-order valence-electron chi connectivity index (χ0n) is 12.0. The number of hydrogen-bond acceptors (Lipinski definition) is 3. The summed E-state index contributed by atoms with van der Waals surface area (Å²) in [6.07, 6.45) is 2.66. The summed E-state index contributed by atoms with van der Waals surface area (Å²) >= 11 is 0. The first-order chi connectivity index (χ1) is 9.99. The molecule has 0 aliphatic heterocycles. The van der Waals surface area contributed by atoms with Crippen molar-refractivity contribution in [3.8, 4) is 0 Å². The van der Waals surface area contributed by atoms with Crippen LogP contribution < -0.4 is 11.2 Å². The molecule has 108 valence electrons. The van der Waals surface area contributed by atoms with Crippen LogP contribution in [0.3, 0.4) is 0 Å². The van der Waals surface area contributed by atoms with Crippen LogP contribution in [0.25, 0.3) is 0 Å². The Hall–Kier alpha value is -2.43. The van der Waals surface area contributed by atoms with Crippen LogP contribution in [0, 0.1) is 5.92 Å². The van der Waals surface area contributed by atoms with Gasteiger partial charge in [0.1, 0.15) is 0 Å². The van der Waals surface area contributed by atoms with E-state index in [2.05, 4.69) is 0 Å². The van der Waals surface area contributed by atoms with Crippen molar-refractivity contribution >= 4 is 5.78 Å². The second-order valence-corrected chi connectivity index (χ2v) is 5.54. The van der Waals surface area contributed by atoms with Crippen molar-refractivity contribution in [1.29, 1.82) is 0 Å². The van der Waals surface area contributed by atoms with Crippen LogP contribution in [0.5, 0.6) is 0 Å². The summed E-state index contributed by atoms with van der Waals surface area (Å²) < 4.78 is 2.26. The van der Waals surface area contributed by atoms with Gasteiger partial charge in [-0.1, -0.05) is 24.3 Å². The highest BCUT2D eigenvalue weighted by atomic mass is 16.2. The number of rotatable bonds is 2. The zero-order chi connectivity index (χ0) is 15.1. The molecule has 1 aromatic heterocycles. The van der Waals surface area contributed by atoms with Crippen molar-refractivity contribution in [2.24, 2.45) is 20.0 Å². The van der Waals surface area contributed by atoms with Crippen LogP contribution in [-0.2, 0) is 26.9 Å². The third-order valence-electron chi connectivity index (χ3n) is 4.13. The molecule has 1 heterocycles. The molecule has 1 aromatic carbocycles. The molecule has 0 spiro atoms. The summed E-state index contributed by atoms with van der Waals surface area (Å²) in [7, 11) is 2.94. The third-order valence-corrected chi connectivity index (χ3v) is 4.13. The first-order valence-electron chi connectivity index (χ1n) is 6.86. The van der Waals surface area contributed by atoms with Crippen molar-refractivity contribution < 1.29 is 4.79 Å². The molecule has 0 unspecified atom stereocenters. The summed E-state index contributed by atoms with van der Waals surface area (Å²) in [5, 5.41) is 0. The molecule has 0 N–H and O–H groups in total. The van der Waals surface area contributed by atoms with Crippen molar-refractivity contribution in [3.05, 3.63) is 68.0 Å². The van der Waals surface area contributed by atoms with Gasteiger partial charge in [0.25, 0.3) is 5.56 Å². The molecule has 2 aromatic rings. The van der Waals surface area contributed by atoms with Gasteiger partial charge >= 0.3 is 5.69 Å². The van der Waals surface area contributed by atoms with Crippen LogP contribution in [0.2, 0.25) is 0 Å². The molecule has 21 heavy (non-hydrogen) atoms. The van der Waals surface area contributed by atoms with Crippen LogP contribution in [0.4, 0.5) is 0 Å². The van der Waals surface area contributed by atoms with Crippen molar-refractivity contribution in [3.63, 3.8) is 0 Å². The van der Waals surface area contributed by atoms with E-state index < -0.39 is 11.2 Å². The minimum atomic E-state index is -0.515. The van der Waals surface area contributed by atoms with Gasteiger partial charge < -0.3 is 4.57 Å². The Balaban J connectivity index is 1.99. The molecule has 0 amide bonds. The highest BCUT2D eigenvalue weighted by Gasteiger charge is 2.29. The smallest absolute Gasteiger partial charge is 0.303 e. The van der Waals surface area contributed by atoms with Gasteiger partial charge in [-0.25, -0.2) is 4.79 Å². The second kappa shape index (κ2) is 4.84. The molecule has 5 nitrogen and oxygen atoms in total. The molecule has 1 aliphatic carbocycles. The van der Waals surface area contributed by atoms with E-state index >= 15 is 0 Å². The zero-order valence-corrected chi connectivity index (χ0v) is 12.0. The molecule has 5 heteroatoms. The molecule has 0 saturated heterocycles. The van der Waals surface area contributed by atoms with Gasteiger partial charge in [-0.2, -0.15) is 0 Å². The monoisotopic (exact) mass is 284 g/mol. The van der Waals surface area contributed by atoms with Gasteiger partial charge in [-0.15, -0.1) is 0 Å². The summed E-state index contributed by atoms with van der Waals surface area (Å²) in [5.41, 5.74) is 1.48. The lowest BCUT2D eigenvalue weighted by Gasteiger charge is -2.10. The first kappa shape index (κ1) is 13.5. The Morgan fingerprint density at radius 1 is 1.10 bits per heavy atom. The molecule has 0 fully saturated rings. The molecular weight excluding hydrogens is 268 g/mol. The maximum Gasteiger partial charge on any atom is 0.330 e. The number of aryl methyl sites for hydroxylation is 1. The summed E-state index contributed by atoms with van der Waals surface area (Å²) in [5.74, 6) is -0.394. The number of nitrogens with zero attached hydrogens (tertiary/aromatic N) is 2. The van der Waals surface area contributed by atoms with E-state index in [4.69, 9.17) is 0 Å². The van der Waals surface area contributed by atoms with E-state index in [-0.39, 0.29) is 17.3 Å². The van der Waals surface area contributed by atoms with Crippen molar-refractivity contribution in [2.75, 3.05) is 0 Å². The van der Waals surface area contributed by atoms with Crippen LogP contribution >= 0.6 is 0 Å². The molecule has 0 radical (unpaired) electrons. The molecule has 0 bridgehead atoms. The SMILES string of the molecule is Cn1cc(C(=O)C2Cc3ccccc3C2)c(=O)n(C)c1=O. The average Bonchev–Trinajstić information content (AvgIpc) is 2.92. The number of aromatic nitrogens is 2. The maximum atomic E-state index is 12.6. The van der Waals surface area contributed by atoms with Crippen LogP contribution in [-0.4, -0.2) is 14.9 Å². The predicted octanol–water partition coefficient (Wildman–Crippen LogP) is 0.682. The number of Topliss-reactive ketones (excluding diaryl/α,β-unsaturated/α-hetero) is 1. The van der Waals surface area contributed by atoms with E-state index in [1.807, 2.05) is 24.3 Å². The number of carbonyl (C=O) groups is 1. The Kier molecular flexibility index (Phi) is 3.12. The van der Waals surface area contributed by atoms with E-state index in [1.165, 1.54) is 17.8 Å². The summed E-state index contributed by atoms with van der Waals surface area (Å²) in [6, 6.07) is 7.94. The fraction of sp³-hybridized carbons (Fsp3) is 0.312. The van der Waals surface area contributed by atoms with Gasteiger partial charge in [-0.05, 0) is 24.0 Å². The Bertz CT molecular complexity index is 820. The molecule has 0 atom stereocenters. The fourth-order valence-corrected chi connectivity index (χ4v) is 2.94. The Morgan fingerprint density at radius 2 is 1.67 bits per heavy atom. The lowest BCUT2D eigenvalue weighted by atomic mass is 9.96. The standard InChI is InChI=1S/C16H16N2O3/c1-17-9-13(15(20)18(2)16(17)21)14(19)12-7-10-5-3-4-6-11(10)8-12/h3-6,9,12H,7-8H2,1-2H3. The van der Waals surface area contributed by atoms with E-state index in [9.17, 15) is 14.4 Å². The largest absolute Gasteiger partial charge is 0.330 e. The van der Waals surface area contributed by atoms with Gasteiger partial charge in [0.05, 0.1) is 5.56 Å². The molecular formula is C16H16N2O3. The van der Waals surface area contributed by atoms with E-state index in [0.717, 1.165) is 15.7 Å². The molecule has 0 saturated carbocycles. The Morgan fingerprint density at radius 3 is 2.24 bits per heavy atom. The maximum absolute atomic E-state index is 12.6. The van der Waals surface area contributed by atoms with E-state index in [1.54, 1.807) is 7.05 Å². The quantitative estimate of drug-likeness (QED) is 0.762. The van der Waals surface area contributed by atoms with Crippen molar-refractivity contribution in [2.45, 2.75) is 12.8 Å². The molecule has 3 rings (SSSR count). The topological polar surface area (TPSA) is 61.1 Å². The first-order valence-corrected chi connectivity index (χ1v) is 6.86. The Labute approximate surface area is 121 Å². The number of benzene rings is 1. The lowest BCUT2D eigenvalue weighted by Crippen LogP contribution is -2.40. The summed E-state index contributed by atoms with van der Waals surface area (Å²) in [4.78, 5) is 36.4. The van der Waals surface area contributed by atoms with Crippen molar-refractivity contribution in [1.82, 2.24) is 9.13 Å². The van der Waals surface area contributed by atoms with Crippen LogP contribution in [0.15, 0.2) is 40.1 Å². The molecule has 1 aliphatic rings. The average molecular weight is 284 g/mol.